The first-order valence-electron chi connectivity index (χ1n) is 6.30. The van der Waals surface area contributed by atoms with Crippen molar-refractivity contribution < 1.29 is 17.9 Å². The fourth-order valence-corrected chi connectivity index (χ4v) is 2.39. The summed E-state index contributed by atoms with van der Waals surface area (Å²) in [4.78, 5) is 0. The van der Waals surface area contributed by atoms with Gasteiger partial charge in [0.15, 0.2) is 0 Å². The van der Waals surface area contributed by atoms with Crippen molar-refractivity contribution in [2.24, 2.45) is 0 Å². The van der Waals surface area contributed by atoms with E-state index in [0.717, 1.165) is 17.1 Å². The number of rotatable bonds is 8. The second-order valence-electron chi connectivity index (χ2n) is 4.31. The molecule has 0 saturated heterocycles. The van der Waals surface area contributed by atoms with Gasteiger partial charge in [-0.15, -0.1) is 0 Å². The van der Waals surface area contributed by atoms with E-state index < -0.39 is 10.0 Å². The lowest BCUT2D eigenvalue weighted by Gasteiger charge is -2.18. The van der Waals surface area contributed by atoms with Crippen LogP contribution in [0.5, 0.6) is 11.5 Å². The molecule has 0 radical (unpaired) electrons. The van der Waals surface area contributed by atoms with Crippen LogP contribution in [0.15, 0.2) is 18.2 Å². The largest absolute Gasteiger partial charge is 0.497 e. The van der Waals surface area contributed by atoms with Crippen LogP contribution >= 0.6 is 0 Å². The third-order valence-electron chi connectivity index (χ3n) is 3.04. The van der Waals surface area contributed by atoms with Crippen molar-refractivity contribution in [1.82, 2.24) is 10.0 Å². The molecule has 0 aliphatic rings. The number of ether oxygens (including phenoxy) is 2. The van der Waals surface area contributed by atoms with Crippen LogP contribution in [0, 0.1) is 0 Å². The highest BCUT2D eigenvalue weighted by molar-refractivity contribution is 7.89. The predicted molar refractivity (Wildman–Crippen MR) is 78.8 cm³/mol. The van der Waals surface area contributed by atoms with Crippen molar-refractivity contribution in [3.05, 3.63) is 23.8 Å². The van der Waals surface area contributed by atoms with E-state index in [2.05, 4.69) is 10.0 Å². The highest BCUT2D eigenvalue weighted by atomic mass is 32.2. The van der Waals surface area contributed by atoms with Crippen LogP contribution < -0.4 is 19.5 Å². The Kier molecular flexibility index (Phi) is 6.25. The lowest BCUT2D eigenvalue weighted by Crippen LogP contribution is -2.31. The van der Waals surface area contributed by atoms with Gasteiger partial charge in [-0.1, -0.05) is 0 Å². The lowest BCUT2D eigenvalue weighted by atomic mass is 10.1. The van der Waals surface area contributed by atoms with Gasteiger partial charge in [0, 0.05) is 18.2 Å². The van der Waals surface area contributed by atoms with Crippen LogP contribution in [0.1, 0.15) is 18.5 Å². The summed E-state index contributed by atoms with van der Waals surface area (Å²) >= 11 is 0. The Bertz CT molecular complexity index is 531. The first-order chi connectivity index (χ1) is 9.43. The van der Waals surface area contributed by atoms with Crippen molar-refractivity contribution in [2.75, 3.05) is 33.6 Å². The average molecular weight is 302 g/mol. The molecule has 0 saturated carbocycles. The summed E-state index contributed by atoms with van der Waals surface area (Å²) in [6.45, 7) is 2.30. The summed E-state index contributed by atoms with van der Waals surface area (Å²) in [6.07, 6.45) is 0. The molecule has 1 aromatic rings. The fourth-order valence-electron chi connectivity index (χ4n) is 1.80. The van der Waals surface area contributed by atoms with Crippen molar-refractivity contribution in [3.63, 3.8) is 0 Å². The highest BCUT2D eigenvalue weighted by Crippen LogP contribution is 2.28. The van der Waals surface area contributed by atoms with Gasteiger partial charge in [-0.05, 0) is 32.2 Å². The van der Waals surface area contributed by atoms with Crippen molar-refractivity contribution in [1.29, 1.82) is 0 Å². The summed E-state index contributed by atoms with van der Waals surface area (Å²) < 4.78 is 35.5. The van der Waals surface area contributed by atoms with Gasteiger partial charge in [-0.2, -0.15) is 0 Å². The molecule has 0 spiro atoms. The van der Waals surface area contributed by atoms with E-state index in [9.17, 15) is 8.42 Å². The molecule has 1 aromatic carbocycles. The van der Waals surface area contributed by atoms with Gasteiger partial charge in [-0.3, -0.25) is 0 Å². The molecule has 7 heteroatoms. The Hall–Kier alpha value is -1.31. The molecule has 1 atom stereocenters. The Morgan fingerprint density at radius 3 is 2.50 bits per heavy atom. The van der Waals surface area contributed by atoms with Gasteiger partial charge < -0.3 is 14.8 Å². The molecule has 0 heterocycles. The molecule has 0 aromatic heterocycles. The first-order valence-corrected chi connectivity index (χ1v) is 7.95. The van der Waals surface area contributed by atoms with E-state index in [1.165, 1.54) is 7.05 Å². The van der Waals surface area contributed by atoms with E-state index in [0.29, 0.717) is 6.54 Å². The molecule has 0 aliphatic heterocycles. The summed E-state index contributed by atoms with van der Waals surface area (Å²) in [5.41, 5.74) is 0.925. The molecule has 114 valence electrons. The summed E-state index contributed by atoms with van der Waals surface area (Å²) in [7, 11) is 1.41. The Morgan fingerprint density at radius 2 is 1.95 bits per heavy atom. The maximum Gasteiger partial charge on any atom is 0.212 e. The van der Waals surface area contributed by atoms with Crippen LogP contribution in [-0.2, 0) is 10.0 Å². The standard InChI is InChI=1S/C13H22N2O4S/c1-10(15-7-8-20(16,17)14-2)12-9-11(18-3)5-6-13(12)19-4/h5-6,9-10,14-15H,7-8H2,1-4H3. The molecular weight excluding hydrogens is 280 g/mol. The number of hydrogen-bond donors (Lipinski definition) is 2. The molecule has 2 N–H and O–H groups in total. The minimum absolute atomic E-state index is 0.0279. The molecule has 0 amide bonds. The van der Waals surface area contributed by atoms with Gasteiger partial charge in [0.25, 0.3) is 0 Å². The van der Waals surface area contributed by atoms with Gasteiger partial charge in [0.2, 0.25) is 10.0 Å². The Morgan fingerprint density at radius 1 is 1.25 bits per heavy atom. The van der Waals surface area contributed by atoms with Gasteiger partial charge >= 0.3 is 0 Å². The first kappa shape index (κ1) is 16.7. The Balaban J connectivity index is 2.73. The van der Waals surface area contributed by atoms with E-state index in [-0.39, 0.29) is 11.8 Å². The predicted octanol–water partition coefficient (Wildman–Crippen LogP) is 0.904. The van der Waals surface area contributed by atoms with E-state index in [1.54, 1.807) is 14.2 Å². The minimum Gasteiger partial charge on any atom is -0.497 e. The molecule has 1 rings (SSSR count). The second-order valence-corrected chi connectivity index (χ2v) is 6.35. The van der Waals surface area contributed by atoms with Gasteiger partial charge in [0.1, 0.15) is 11.5 Å². The van der Waals surface area contributed by atoms with Crippen LogP contribution in [0.25, 0.3) is 0 Å². The smallest absolute Gasteiger partial charge is 0.212 e. The SMILES string of the molecule is CNS(=O)(=O)CCNC(C)c1cc(OC)ccc1OC. The number of sulfonamides is 1. The van der Waals surface area contributed by atoms with Crippen LogP contribution in [0.4, 0.5) is 0 Å². The highest BCUT2D eigenvalue weighted by Gasteiger charge is 2.14. The summed E-state index contributed by atoms with van der Waals surface area (Å²) in [5.74, 6) is 1.50. The van der Waals surface area contributed by atoms with Gasteiger partial charge in [0.05, 0.1) is 20.0 Å². The van der Waals surface area contributed by atoms with Crippen LogP contribution in [-0.4, -0.2) is 42.0 Å². The molecular formula is C13H22N2O4S. The topological polar surface area (TPSA) is 76.7 Å². The van der Waals surface area contributed by atoms with Crippen molar-refractivity contribution in [2.45, 2.75) is 13.0 Å². The lowest BCUT2D eigenvalue weighted by molar-refractivity contribution is 0.392. The van der Waals surface area contributed by atoms with Crippen LogP contribution in [0.3, 0.4) is 0 Å². The quantitative estimate of drug-likeness (QED) is 0.746. The molecule has 6 nitrogen and oxygen atoms in total. The zero-order chi connectivity index (χ0) is 15.2. The number of methoxy groups -OCH3 is 2. The second kappa shape index (κ2) is 7.47. The monoisotopic (exact) mass is 302 g/mol. The van der Waals surface area contributed by atoms with E-state index in [1.807, 2.05) is 25.1 Å². The number of nitrogens with one attached hydrogen (secondary N) is 2. The minimum atomic E-state index is -3.19. The van der Waals surface area contributed by atoms with E-state index >= 15 is 0 Å². The molecule has 0 bridgehead atoms. The van der Waals surface area contributed by atoms with E-state index in [4.69, 9.17) is 9.47 Å². The molecule has 0 aliphatic carbocycles. The summed E-state index contributed by atoms with van der Waals surface area (Å²) in [5, 5.41) is 3.16. The Labute approximate surface area is 120 Å². The fraction of sp³-hybridized carbons (Fsp3) is 0.538. The maximum atomic E-state index is 11.3. The zero-order valence-electron chi connectivity index (χ0n) is 12.3. The molecule has 20 heavy (non-hydrogen) atoms. The average Bonchev–Trinajstić information content (AvgIpc) is 2.46. The maximum absolute atomic E-state index is 11.3. The van der Waals surface area contributed by atoms with Crippen molar-refractivity contribution in [3.8, 4) is 11.5 Å². The third kappa shape index (κ3) is 4.66. The normalized spacial score (nSPS) is 13.0. The van der Waals surface area contributed by atoms with Crippen LogP contribution in [0.2, 0.25) is 0 Å². The molecule has 1 unspecified atom stereocenters. The van der Waals surface area contributed by atoms with Gasteiger partial charge in [-0.25, -0.2) is 13.1 Å². The van der Waals surface area contributed by atoms with Crippen molar-refractivity contribution >= 4 is 10.0 Å². The summed E-state index contributed by atoms with van der Waals surface area (Å²) in [6, 6.07) is 5.48. The molecule has 0 fully saturated rings. The zero-order valence-corrected chi connectivity index (χ0v) is 13.1. The third-order valence-corrected chi connectivity index (χ3v) is 4.40. The number of benzene rings is 1. The number of hydrogen-bond acceptors (Lipinski definition) is 5.